The molecule has 1 N–H and O–H groups in total. The Balaban J connectivity index is 0.000000936. The molecule has 0 saturated carbocycles. The van der Waals surface area contributed by atoms with E-state index in [1.807, 2.05) is 0 Å². The minimum atomic E-state index is -5.39. The van der Waals surface area contributed by atoms with E-state index < -0.39 is 173 Å². The van der Waals surface area contributed by atoms with Gasteiger partial charge in [0.25, 0.3) is 0 Å². The molecule has 1 nitrogen and oxygen atoms in total. The summed E-state index contributed by atoms with van der Waals surface area (Å²) in [5, 5.41) is 0. The van der Waals surface area contributed by atoms with E-state index in [2.05, 4.69) is 47.0 Å². The van der Waals surface area contributed by atoms with Gasteiger partial charge in [0.05, 0.1) is 65.5 Å². The minimum absolute atomic E-state index is 0.241. The van der Waals surface area contributed by atoms with Gasteiger partial charge in [0.2, 0.25) is 0 Å². The first kappa shape index (κ1) is 64.0. The van der Waals surface area contributed by atoms with Crippen molar-refractivity contribution in [1.82, 2.24) is 0 Å². The highest BCUT2D eigenvalue weighted by molar-refractivity contribution is 7.20. The van der Waals surface area contributed by atoms with Crippen LogP contribution in [0.4, 0.5) is 111 Å². The maximum atomic E-state index is 14.0. The zero-order valence-electron chi connectivity index (χ0n) is 40.9. The molecule has 0 bridgehead atoms. The van der Waals surface area contributed by atoms with Gasteiger partial charge in [-0.2, -0.15) is 127 Å². The Morgan fingerprint density at radius 2 is 0.429 bits per heavy atom. The smallest absolute Gasteiger partial charge is 0.307 e. The monoisotopic (exact) mass is 1140 g/mol. The van der Waals surface area contributed by atoms with E-state index in [0.29, 0.717) is 0 Å². The Morgan fingerprint density at radius 3 is 0.558 bits per heavy atom. The molecule has 0 spiro atoms. The summed E-state index contributed by atoms with van der Waals surface area (Å²) in [7, 11) is 4.34. The molecule has 0 amide bonds. The molecule has 0 aromatic heterocycles. The summed E-state index contributed by atoms with van der Waals surface area (Å²) in [5.41, 5.74) is -9.22. The maximum Gasteiger partial charge on any atom is 0.393 e. The fourth-order valence-corrected chi connectivity index (χ4v) is 9.96. The summed E-state index contributed by atoms with van der Waals surface area (Å²) in [6.07, 6.45) is -65.7. The van der Waals surface area contributed by atoms with Crippen molar-refractivity contribution in [2.75, 3.05) is 14.1 Å². The number of alkyl halides is 24. The predicted octanol–water partition coefficient (Wildman–Crippen LogP) is 13.3. The summed E-state index contributed by atoms with van der Waals surface area (Å²) in [6.45, 7) is 6.51. The molecule has 0 fully saturated rings. The predicted molar refractivity (Wildman–Crippen MR) is 241 cm³/mol. The van der Waals surface area contributed by atoms with Gasteiger partial charge >= 0.3 is 49.4 Å². The van der Waals surface area contributed by atoms with E-state index in [1.54, 1.807) is 0 Å². The van der Waals surface area contributed by atoms with Crippen LogP contribution in [0.15, 0.2) is 84.9 Å². The van der Waals surface area contributed by atoms with Crippen LogP contribution < -0.4 is 26.8 Å². The molecule has 77 heavy (non-hydrogen) atoms. The summed E-state index contributed by atoms with van der Waals surface area (Å²) in [5.74, 6) is 0. The number of nitrogens with one attached hydrogen (secondary N) is 1. The number of hydrogen-bond acceptors (Lipinski definition) is 0. The number of halogens is 24. The van der Waals surface area contributed by atoms with Gasteiger partial charge in [0, 0.05) is 11.1 Å². The molecule has 0 radical (unpaired) electrons. The molecule has 426 valence electrons. The lowest BCUT2D eigenvalue weighted by Gasteiger charge is -2.46. The quantitative estimate of drug-likeness (QED) is 0.0885. The fraction of sp³-hybridized carbons (Fsp3) is 0.412. The SMILES string of the molecule is Cc1cc(C)c([NH+](C)C)c(C)c1.FC(F)(F)Cc1cc(CC(F)(F)F)cc([B-](c2cc(CC(F)(F)F)cc(CC(F)(F)F)c2)(c2cc(CC(F)(F)F)cc(CC(F)(F)F)c2)c2cc(CC(F)(F)F)cc(CC(F)(F)F)c2)c1. The summed E-state index contributed by atoms with van der Waals surface area (Å²) < 4.78 is 336. The first-order chi connectivity index (χ1) is 34.6. The third kappa shape index (κ3) is 20.6. The van der Waals surface area contributed by atoms with E-state index in [1.165, 1.54) is 27.3 Å². The highest BCUT2D eigenvalue weighted by Gasteiger charge is 2.41. The first-order valence-corrected chi connectivity index (χ1v) is 22.7. The molecule has 0 aliphatic rings. The third-order valence-corrected chi connectivity index (χ3v) is 11.7. The van der Waals surface area contributed by atoms with Gasteiger partial charge in [0.1, 0.15) is 11.8 Å². The van der Waals surface area contributed by atoms with Crippen LogP contribution in [0.1, 0.15) is 61.2 Å². The standard InChI is InChI=1S/C40H28BF24.C11H17N/c42-33(43,44)13-21-1-22(14-34(45,46)47)6-29(5-21)41(30-7-23(15-35(48,49)50)2-24(8-30)16-36(51,52)53,31-9-25(17-37(54,55)56)3-26(10-31)18-38(57,58)59)32-11-27(19-39(60,61)62)4-28(12-32)20-40(63,64)65;1-8-6-9(2)11(12(4)5)10(3)7-8/h1-12H,13-20H2;6-7H,1-5H3/q-1;/p+1. The van der Waals surface area contributed by atoms with Gasteiger partial charge < -0.3 is 4.90 Å². The average Bonchev–Trinajstić information content (AvgIpc) is 3.12. The maximum absolute atomic E-state index is 14.0. The second-order valence-electron chi connectivity index (χ2n) is 19.3. The number of hydrogen-bond donors (Lipinski definition) is 1. The third-order valence-electron chi connectivity index (χ3n) is 11.7. The lowest BCUT2D eigenvalue weighted by molar-refractivity contribution is -0.787. The molecule has 26 heteroatoms. The van der Waals surface area contributed by atoms with Crippen molar-refractivity contribution < 1.29 is 110 Å². The zero-order chi connectivity index (χ0) is 58.9. The summed E-state index contributed by atoms with van der Waals surface area (Å²) in [4.78, 5) is 1.41. The fourth-order valence-electron chi connectivity index (χ4n) is 9.96. The molecule has 0 unspecified atom stereocenters. The van der Waals surface area contributed by atoms with Crippen molar-refractivity contribution in [2.45, 2.75) is 122 Å². The first-order valence-electron chi connectivity index (χ1n) is 22.7. The Kier molecular flexibility index (Phi) is 19.1. The highest BCUT2D eigenvalue weighted by Crippen LogP contribution is 2.33. The van der Waals surface area contributed by atoms with Crippen molar-refractivity contribution in [1.29, 1.82) is 0 Å². The van der Waals surface area contributed by atoms with Crippen molar-refractivity contribution in [2.24, 2.45) is 0 Å². The van der Waals surface area contributed by atoms with Crippen molar-refractivity contribution in [3.05, 3.63) is 146 Å². The molecule has 0 heterocycles. The normalized spacial score (nSPS) is 13.5. The van der Waals surface area contributed by atoms with Crippen LogP contribution in [-0.2, 0) is 51.4 Å². The number of benzene rings is 5. The van der Waals surface area contributed by atoms with Gasteiger partial charge in [-0.1, -0.05) is 90.5 Å². The molecule has 5 aromatic rings. The minimum Gasteiger partial charge on any atom is -0.307 e. The van der Waals surface area contributed by atoms with Crippen LogP contribution in [0.25, 0.3) is 0 Å². The summed E-state index contributed by atoms with van der Waals surface area (Å²) >= 11 is 0. The highest BCUT2D eigenvalue weighted by atomic mass is 19.4. The second-order valence-corrected chi connectivity index (χ2v) is 19.3. The Bertz CT molecular complexity index is 2340. The molecule has 0 atom stereocenters. The molecule has 0 saturated heterocycles. The molecular formula is C51H46BF24N. The van der Waals surface area contributed by atoms with Crippen LogP contribution in [0.3, 0.4) is 0 Å². The number of aryl methyl sites for hydroxylation is 3. The lowest BCUT2D eigenvalue weighted by Crippen LogP contribution is -3.00. The van der Waals surface area contributed by atoms with E-state index in [9.17, 15) is 105 Å². The number of rotatable bonds is 13. The van der Waals surface area contributed by atoms with Gasteiger partial charge in [-0.05, 0) is 65.3 Å². The van der Waals surface area contributed by atoms with Crippen LogP contribution in [0.2, 0.25) is 0 Å². The van der Waals surface area contributed by atoms with Crippen LogP contribution >= 0.6 is 0 Å². The van der Waals surface area contributed by atoms with Crippen LogP contribution in [0, 0.1) is 20.8 Å². The van der Waals surface area contributed by atoms with Gasteiger partial charge in [-0.3, -0.25) is 0 Å². The van der Waals surface area contributed by atoms with Gasteiger partial charge in [-0.25, -0.2) is 0 Å². The zero-order valence-corrected chi connectivity index (χ0v) is 40.9. The van der Waals surface area contributed by atoms with Gasteiger partial charge in [0.15, 0.2) is 0 Å². The largest absolute Gasteiger partial charge is 0.393 e. The molecule has 5 rings (SSSR count). The summed E-state index contributed by atoms with van der Waals surface area (Å²) in [6, 6.07) is 7.62. The van der Waals surface area contributed by atoms with Crippen molar-refractivity contribution in [3.8, 4) is 0 Å². The van der Waals surface area contributed by atoms with E-state index in [-0.39, 0.29) is 72.8 Å². The van der Waals surface area contributed by atoms with Gasteiger partial charge in [-0.15, -0.1) is 0 Å². The van der Waals surface area contributed by atoms with Crippen molar-refractivity contribution >= 4 is 33.7 Å². The topological polar surface area (TPSA) is 4.44 Å². The van der Waals surface area contributed by atoms with Crippen LogP contribution in [-0.4, -0.2) is 69.7 Å². The van der Waals surface area contributed by atoms with E-state index in [4.69, 9.17) is 0 Å². The van der Waals surface area contributed by atoms with Crippen LogP contribution in [0.5, 0.6) is 0 Å². The van der Waals surface area contributed by atoms with E-state index in [0.717, 1.165) is 0 Å². The Morgan fingerprint density at radius 1 is 0.273 bits per heavy atom. The average molecular weight is 1140 g/mol. The number of quaternary nitrogens is 1. The van der Waals surface area contributed by atoms with E-state index >= 15 is 0 Å². The Labute approximate surface area is 425 Å². The Hall–Kier alpha value is -5.56. The lowest BCUT2D eigenvalue weighted by atomic mass is 9.12. The molecule has 5 aromatic carbocycles. The molecule has 0 aliphatic carbocycles. The van der Waals surface area contributed by atoms with Crippen molar-refractivity contribution in [3.63, 3.8) is 0 Å². The second kappa shape index (κ2) is 23.0. The molecular weight excluding hydrogens is 1090 g/mol. The molecule has 0 aliphatic heterocycles.